The fourth-order valence-electron chi connectivity index (χ4n) is 2.30. The third-order valence-corrected chi connectivity index (χ3v) is 3.96. The predicted octanol–water partition coefficient (Wildman–Crippen LogP) is 2.63. The maximum absolute atomic E-state index is 11.0. The molecule has 2 fully saturated rings. The van der Waals surface area contributed by atoms with E-state index in [9.17, 15) is 4.79 Å². The second kappa shape index (κ2) is 6.54. The van der Waals surface area contributed by atoms with Crippen LogP contribution in [-0.4, -0.2) is 40.4 Å². The number of carbonyl (C=O) groups is 1. The first-order valence-electron chi connectivity index (χ1n) is 8.34. The summed E-state index contributed by atoms with van der Waals surface area (Å²) in [7, 11) is 1.54. The molecule has 0 unspecified atom stereocenters. The third kappa shape index (κ3) is 3.96. The summed E-state index contributed by atoms with van der Waals surface area (Å²) in [6, 6.07) is 5.91. The molecule has 1 aromatic carbocycles. The zero-order valence-electron chi connectivity index (χ0n) is 13.9. The Labute approximate surface area is 145 Å². The maximum atomic E-state index is 11.0. The summed E-state index contributed by atoms with van der Waals surface area (Å²) in [5.41, 5.74) is 0.484. The molecule has 2 aromatic rings. The SMILES string of the molecule is COc1ccc(C=O)cc1Oc1nc(NC2CC2)nc(NC2CC2)n1. The van der Waals surface area contributed by atoms with Gasteiger partial charge in [0, 0.05) is 17.6 Å². The number of nitrogens with one attached hydrogen (secondary N) is 2. The highest BCUT2D eigenvalue weighted by Gasteiger charge is 2.25. The first-order chi connectivity index (χ1) is 12.2. The van der Waals surface area contributed by atoms with Crippen LogP contribution >= 0.6 is 0 Å². The highest BCUT2D eigenvalue weighted by atomic mass is 16.5. The molecule has 0 amide bonds. The summed E-state index contributed by atoms with van der Waals surface area (Å²) >= 11 is 0. The monoisotopic (exact) mass is 341 g/mol. The first kappa shape index (κ1) is 15.6. The van der Waals surface area contributed by atoms with Gasteiger partial charge in [-0.3, -0.25) is 4.79 Å². The largest absolute Gasteiger partial charge is 0.493 e. The molecule has 0 atom stereocenters. The van der Waals surface area contributed by atoms with Gasteiger partial charge in [-0.2, -0.15) is 15.0 Å². The van der Waals surface area contributed by atoms with Crippen LogP contribution in [-0.2, 0) is 0 Å². The quantitative estimate of drug-likeness (QED) is 0.707. The summed E-state index contributed by atoms with van der Waals surface area (Å²) in [5.74, 6) is 1.86. The number of ether oxygens (including phenoxy) is 2. The minimum Gasteiger partial charge on any atom is -0.493 e. The van der Waals surface area contributed by atoms with Crippen LogP contribution in [0.3, 0.4) is 0 Å². The van der Waals surface area contributed by atoms with E-state index in [-0.39, 0.29) is 6.01 Å². The van der Waals surface area contributed by atoms with Gasteiger partial charge in [0.2, 0.25) is 11.9 Å². The summed E-state index contributed by atoms with van der Waals surface area (Å²) in [5, 5.41) is 6.52. The minimum atomic E-state index is 0.155. The van der Waals surface area contributed by atoms with Gasteiger partial charge in [0.1, 0.15) is 6.29 Å². The number of hydrogen-bond donors (Lipinski definition) is 2. The lowest BCUT2D eigenvalue weighted by Crippen LogP contribution is -2.12. The Bertz CT molecular complexity index is 758. The molecule has 0 aliphatic heterocycles. The summed E-state index contributed by atoms with van der Waals surface area (Å²) < 4.78 is 11.1. The zero-order chi connectivity index (χ0) is 17.2. The molecule has 130 valence electrons. The van der Waals surface area contributed by atoms with Gasteiger partial charge >= 0.3 is 6.01 Å². The fourth-order valence-corrected chi connectivity index (χ4v) is 2.30. The number of nitrogens with zero attached hydrogens (tertiary/aromatic N) is 3. The Hall–Kier alpha value is -2.90. The van der Waals surface area contributed by atoms with Gasteiger partial charge in [-0.25, -0.2) is 0 Å². The Morgan fingerprint density at radius 2 is 1.64 bits per heavy atom. The second-order valence-corrected chi connectivity index (χ2v) is 6.23. The Morgan fingerprint density at radius 3 is 2.16 bits per heavy atom. The average molecular weight is 341 g/mol. The van der Waals surface area contributed by atoms with Gasteiger partial charge < -0.3 is 20.1 Å². The van der Waals surface area contributed by atoms with Crippen molar-refractivity contribution in [2.24, 2.45) is 0 Å². The highest BCUT2D eigenvalue weighted by Crippen LogP contribution is 2.32. The maximum Gasteiger partial charge on any atom is 0.328 e. The molecular weight excluding hydrogens is 322 g/mol. The van der Waals surface area contributed by atoms with Gasteiger partial charge in [0.15, 0.2) is 11.5 Å². The van der Waals surface area contributed by atoms with Crippen LogP contribution in [0.15, 0.2) is 18.2 Å². The van der Waals surface area contributed by atoms with Crippen molar-refractivity contribution in [1.82, 2.24) is 15.0 Å². The van der Waals surface area contributed by atoms with E-state index in [0.717, 1.165) is 32.0 Å². The summed E-state index contributed by atoms with van der Waals surface area (Å²) in [6.07, 6.45) is 5.20. The molecule has 0 bridgehead atoms. The van der Waals surface area contributed by atoms with Gasteiger partial charge in [0.25, 0.3) is 0 Å². The molecule has 25 heavy (non-hydrogen) atoms. The minimum absolute atomic E-state index is 0.155. The normalized spacial score (nSPS) is 16.2. The molecular formula is C17H19N5O3. The van der Waals surface area contributed by atoms with Crippen molar-refractivity contribution in [1.29, 1.82) is 0 Å². The van der Waals surface area contributed by atoms with Gasteiger partial charge in [-0.15, -0.1) is 0 Å². The number of methoxy groups -OCH3 is 1. The fraction of sp³-hybridized carbons (Fsp3) is 0.412. The van der Waals surface area contributed by atoms with E-state index >= 15 is 0 Å². The number of carbonyl (C=O) groups excluding carboxylic acids is 1. The van der Waals surface area contributed by atoms with Crippen molar-refractivity contribution >= 4 is 18.2 Å². The molecule has 8 nitrogen and oxygen atoms in total. The van der Waals surface area contributed by atoms with E-state index in [0.29, 0.717) is 41.0 Å². The molecule has 2 aliphatic carbocycles. The molecule has 1 aromatic heterocycles. The van der Waals surface area contributed by atoms with E-state index < -0.39 is 0 Å². The number of anilines is 2. The number of rotatable bonds is 8. The molecule has 1 heterocycles. The topological polar surface area (TPSA) is 98.3 Å². The lowest BCUT2D eigenvalue weighted by atomic mass is 10.2. The van der Waals surface area contributed by atoms with Crippen molar-refractivity contribution in [2.75, 3.05) is 17.7 Å². The number of hydrogen-bond acceptors (Lipinski definition) is 8. The van der Waals surface area contributed by atoms with Crippen molar-refractivity contribution in [2.45, 2.75) is 37.8 Å². The molecule has 0 saturated heterocycles. The molecule has 2 saturated carbocycles. The van der Waals surface area contributed by atoms with Crippen molar-refractivity contribution < 1.29 is 14.3 Å². The molecule has 2 aliphatic rings. The van der Waals surface area contributed by atoms with Crippen molar-refractivity contribution in [3.8, 4) is 17.5 Å². The van der Waals surface area contributed by atoms with E-state index in [4.69, 9.17) is 9.47 Å². The Kier molecular flexibility index (Phi) is 4.09. The zero-order valence-corrected chi connectivity index (χ0v) is 13.9. The van der Waals surface area contributed by atoms with E-state index in [1.165, 1.54) is 7.11 Å². The van der Waals surface area contributed by atoms with Crippen molar-refractivity contribution in [3.63, 3.8) is 0 Å². The van der Waals surface area contributed by atoms with E-state index in [1.807, 2.05) is 0 Å². The number of benzene rings is 1. The Balaban J connectivity index is 1.62. The van der Waals surface area contributed by atoms with Crippen LogP contribution in [0.25, 0.3) is 0 Å². The first-order valence-corrected chi connectivity index (χ1v) is 8.34. The van der Waals surface area contributed by atoms with Crippen LogP contribution in [0.4, 0.5) is 11.9 Å². The molecule has 0 radical (unpaired) electrons. The van der Waals surface area contributed by atoms with Crippen LogP contribution in [0.1, 0.15) is 36.0 Å². The molecule has 2 N–H and O–H groups in total. The smallest absolute Gasteiger partial charge is 0.328 e. The van der Waals surface area contributed by atoms with Crippen molar-refractivity contribution in [3.05, 3.63) is 23.8 Å². The van der Waals surface area contributed by atoms with Crippen LogP contribution in [0, 0.1) is 0 Å². The molecule has 4 rings (SSSR count). The Morgan fingerprint density at radius 1 is 1.00 bits per heavy atom. The molecule has 0 spiro atoms. The third-order valence-electron chi connectivity index (χ3n) is 3.96. The van der Waals surface area contributed by atoms with E-state index in [1.54, 1.807) is 18.2 Å². The standard InChI is InChI=1S/C17H19N5O3/c1-24-13-7-2-10(9-23)8-14(13)25-17-21-15(18-11-3-4-11)20-16(22-17)19-12-5-6-12/h2,7-9,11-12H,3-6H2,1H3,(H2,18,19,20,21,22). The number of aldehydes is 1. The van der Waals surface area contributed by atoms with Crippen LogP contribution in [0.2, 0.25) is 0 Å². The van der Waals surface area contributed by atoms with Crippen LogP contribution in [0.5, 0.6) is 17.5 Å². The van der Waals surface area contributed by atoms with Gasteiger partial charge in [-0.1, -0.05) is 0 Å². The summed E-state index contributed by atoms with van der Waals surface area (Å²) in [6.45, 7) is 0. The second-order valence-electron chi connectivity index (χ2n) is 6.23. The van der Waals surface area contributed by atoms with Crippen LogP contribution < -0.4 is 20.1 Å². The van der Waals surface area contributed by atoms with E-state index in [2.05, 4.69) is 25.6 Å². The summed E-state index contributed by atoms with van der Waals surface area (Å²) in [4.78, 5) is 24.1. The van der Waals surface area contributed by atoms with Gasteiger partial charge in [-0.05, 0) is 43.9 Å². The lowest BCUT2D eigenvalue weighted by Gasteiger charge is -2.12. The highest BCUT2D eigenvalue weighted by molar-refractivity contribution is 5.76. The predicted molar refractivity (Wildman–Crippen MR) is 91.6 cm³/mol. The average Bonchev–Trinajstić information content (AvgIpc) is 3.52. The van der Waals surface area contributed by atoms with Gasteiger partial charge in [0.05, 0.1) is 7.11 Å². The number of aromatic nitrogens is 3. The molecule has 8 heteroatoms. The lowest BCUT2D eigenvalue weighted by molar-refractivity contribution is 0.112.